The Morgan fingerprint density at radius 3 is 2.50 bits per heavy atom. The molecule has 1 atom stereocenters. The van der Waals surface area contributed by atoms with E-state index in [-0.39, 0.29) is 35.3 Å². The van der Waals surface area contributed by atoms with Crippen LogP contribution in [0.5, 0.6) is 5.75 Å². The van der Waals surface area contributed by atoms with E-state index in [0.717, 1.165) is 5.56 Å². The summed E-state index contributed by atoms with van der Waals surface area (Å²) in [7, 11) is -2.45. The molecule has 2 N–H and O–H groups in total. The molecule has 0 radical (unpaired) electrons. The van der Waals surface area contributed by atoms with Gasteiger partial charge in [0, 0.05) is 24.3 Å². The normalized spacial score (nSPS) is 15.6. The van der Waals surface area contributed by atoms with E-state index in [2.05, 4.69) is 10.6 Å². The van der Waals surface area contributed by atoms with Crippen molar-refractivity contribution >= 4 is 27.5 Å². The molecule has 2 aromatic rings. The smallest absolute Gasteiger partial charge is 0.251 e. The third-order valence-corrected chi connectivity index (χ3v) is 6.96. The van der Waals surface area contributed by atoms with Gasteiger partial charge in [-0.15, -0.1) is 0 Å². The highest BCUT2D eigenvalue weighted by Gasteiger charge is 2.30. The van der Waals surface area contributed by atoms with E-state index in [9.17, 15) is 18.0 Å². The van der Waals surface area contributed by atoms with E-state index in [1.807, 2.05) is 13.0 Å². The highest BCUT2D eigenvalue weighted by Crippen LogP contribution is 2.30. The first-order chi connectivity index (χ1) is 15.2. The van der Waals surface area contributed by atoms with Crippen LogP contribution in [0, 0.1) is 6.92 Å². The van der Waals surface area contributed by atoms with Crippen LogP contribution >= 0.6 is 0 Å². The predicted octanol–water partition coefficient (Wildman–Crippen LogP) is 1.78. The minimum Gasteiger partial charge on any atom is -0.495 e. The van der Waals surface area contributed by atoms with Crippen LogP contribution in [0.3, 0.4) is 0 Å². The van der Waals surface area contributed by atoms with Gasteiger partial charge in [0.15, 0.2) is 0 Å². The third-order valence-electron chi connectivity index (χ3n) is 5.04. The second kappa shape index (κ2) is 10.1. The van der Waals surface area contributed by atoms with Crippen LogP contribution < -0.4 is 15.4 Å². The number of hydrogen-bond acceptors (Lipinski definition) is 6. The molecule has 32 heavy (non-hydrogen) atoms. The number of sulfonamides is 1. The van der Waals surface area contributed by atoms with Crippen LogP contribution in [0.1, 0.15) is 22.8 Å². The molecular formula is C22H27N3O6S. The predicted molar refractivity (Wildman–Crippen MR) is 119 cm³/mol. The van der Waals surface area contributed by atoms with Crippen LogP contribution in [0.4, 0.5) is 5.69 Å². The Kier molecular flexibility index (Phi) is 7.49. The Morgan fingerprint density at radius 2 is 1.84 bits per heavy atom. The second-order valence-electron chi connectivity index (χ2n) is 7.44. The van der Waals surface area contributed by atoms with E-state index in [1.165, 1.54) is 23.5 Å². The van der Waals surface area contributed by atoms with Crippen molar-refractivity contribution in [3.05, 3.63) is 53.6 Å². The Bertz CT molecular complexity index is 1100. The lowest BCUT2D eigenvalue weighted by atomic mass is 10.1. The molecule has 0 spiro atoms. The summed E-state index contributed by atoms with van der Waals surface area (Å²) >= 11 is 0. The number of nitrogens with zero attached hydrogens (tertiary/aromatic N) is 1. The quantitative estimate of drug-likeness (QED) is 0.650. The average molecular weight is 462 g/mol. The minimum absolute atomic E-state index is 0.0452. The molecule has 172 valence electrons. The molecule has 1 saturated heterocycles. The standard InChI is InChI=1S/C22H27N3O6S/c1-15-5-4-6-17(13-15)22(27)23-16(2)21(26)24-18-7-8-19(30-3)20(14-18)32(28,29)25-9-11-31-12-10-25/h4-8,13-14,16H,9-12H2,1-3H3,(H,23,27)(H,24,26). The van der Waals surface area contributed by atoms with Gasteiger partial charge in [-0.25, -0.2) is 8.42 Å². The monoisotopic (exact) mass is 461 g/mol. The van der Waals surface area contributed by atoms with Gasteiger partial charge in [0.1, 0.15) is 16.7 Å². The number of nitrogens with one attached hydrogen (secondary N) is 2. The summed E-state index contributed by atoms with van der Waals surface area (Å²) in [5, 5.41) is 5.31. The summed E-state index contributed by atoms with van der Waals surface area (Å²) < 4.78 is 38.0. The lowest BCUT2D eigenvalue weighted by molar-refractivity contribution is -0.117. The van der Waals surface area contributed by atoms with Crippen LogP contribution in [0.15, 0.2) is 47.4 Å². The van der Waals surface area contributed by atoms with Gasteiger partial charge < -0.3 is 20.1 Å². The molecular weight excluding hydrogens is 434 g/mol. The van der Waals surface area contributed by atoms with E-state index in [4.69, 9.17) is 9.47 Å². The number of aryl methyl sites for hydroxylation is 1. The number of anilines is 1. The highest BCUT2D eigenvalue weighted by molar-refractivity contribution is 7.89. The molecule has 1 unspecified atom stereocenters. The molecule has 1 fully saturated rings. The van der Waals surface area contributed by atoms with Gasteiger partial charge in [-0.05, 0) is 44.2 Å². The van der Waals surface area contributed by atoms with Crippen LogP contribution in [0.2, 0.25) is 0 Å². The van der Waals surface area contributed by atoms with Gasteiger partial charge in [0.25, 0.3) is 5.91 Å². The summed E-state index contributed by atoms with van der Waals surface area (Å²) in [5.41, 5.74) is 1.66. The Labute approximate surface area is 187 Å². The van der Waals surface area contributed by atoms with Crippen LogP contribution in [-0.2, 0) is 19.6 Å². The lowest BCUT2D eigenvalue weighted by Crippen LogP contribution is -2.42. The Balaban J connectivity index is 1.74. The molecule has 9 nitrogen and oxygen atoms in total. The van der Waals surface area contributed by atoms with E-state index in [0.29, 0.717) is 18.8 Å². The fraction of sp³-hybridized carbons (Fsp3) is 0.364. The first kappa shape index (κ1) is 23.7. The fourth-order valence-corrected chi connectivity index (χ4v) is 4.85. The number of carbonyl (C=O) groups excluding carboxylic acids is 2. The average Bonchev–Trinajstić information content (AvgIpc) is 2.79. The van der Waals surface area contributed by atoms with Crippen molar-refractivity contribution in [2.24, 2.45) is 0 Å². The molecule has 1 aliphatic heterocycles. The van der Waals surface area contributed by atoms with Crippen molar-refractivity contribution in [2.75, 3.05) is 38.7 Å². The number of ether oxygens (including phenoxy) is 2. The fourth-order valence-electron chi connectivity index (χ4n) is 3.26. The van der Waals surface area contributed by atoms with E-state index >= 15 is 0 Å². The Hall–Kier alpha value is -2.95. The maximum Gasteiger partial charge on any atom is 0.251 e. The van der Waals surface area contributed by atoms with Crippen LogP contribution in [0.25, 0.3) is 0 Å². The van der Waals surface area contributed by atoms with E-state index in [1.54, 1.807) is 31.2 Å². The number of rotatable bonds is 7. The molecule has 2 amide bonds. The van der Waals surface area contributed by atoms with Crippen molar-refractivity contribution in [1.82, 2.24) is 9.62 Å². The lowest BCUT2D eigenvalue weighted by Gasteiger charge is -2.27. The van der Waals surface area contributed by atoms with Crippen molar-refractivity contribution in [2.45, 2.75) is 24.8 Å². The zero-order chi connectivity index (χ0) is 23.3. The topological polar surface area (TPSA) is 114 Å². The molecule has 0 aliphatic carbocycles. The van der Waals surface area contributed by atoms with Crippen molar-refractivity contribution in [3.63, 3.8) is 0 Å². The van der Waals surface area contributed by atoms with Crippen LogP contribution in [-0.4, -0.2) is 64.0 Å². The van der Waals surface area contributed by atoms with Crippen molar-refractivity contribution < 1.29 is 27.5 Å². The van der Waals surface area contributed by atoms with Gasteiger partial charge >= 0.3 is 0 Å². The number of benzene rings is 2. The first-order valence-electron chi connectivity index (χ1n) is 10.2. The van der Waals surface area contributed by atoms with Gasteiger partial charge in [0.2, 0.25) is 15.9 Å². The highest BCUT2D eigenvalue weighted by atomic mass is 32.2. The molecule has 0 saturated carbocycles. The third kappa shape index (κ3) is 5.45. The largest absolute Gasteiger partial charge is 0.495 e. The van der Waals surface area contributed by atoms with Gasteiger partial charge in [-0.3, -0.25) is 9.59 Å². The second-order valence-corrected chi connectivity index (χ2v) is 9.34. The summed E-state index contributed by atoms with van der Waals surface area (Å²) in [6, 6.07) is 10.6. The summed E-state index contributed by atoms with van der Waals surface area (Å²) in [6.45, 7) is 4.54. The van der Waals surface area contributed by atoms with Crippen molar-refractivity contribution in [3.8, 4) is 5.75 Å². The molecule has 10 heteroatoms. The maximum absolute atomic E-state index is 13.1. The summed E-state index contributed by atoms with van der Waals surface area (Å²) in [5.74, 6) is -0.678. The zero-order valence-electron chi connectivity index (χ0n) is 18.3. The number of hydrogen-bond donors (Lipinski definition) is 2. The Morgan fingerprint density at radius 1 is 1.12 bits per heavy atom. The minimum atomic E-state index is -3.84. The SMILES string of the molecule is COc1ccc(NC(=O)C(C)NC(=O)c2cccc(C)c2)cc1S(=O)(=O)N1CCOCC1. The molecule has 2 aromatic carbocycles. The van der Waals surface area contributed by atoms with Gasteiger partial charge in [-0.1, -0.05) is 17.7 Å². The summed E-state index contributed by atoms with van der Waals surface area (Å²) in [4.78, 5) is 25.0. The zero-order valence-corrected chi connectivity index (χ0v) is 19.1. The van der Waals surface area contributed by atoms with Gasteiger partial charge in [0.05, 0.1) is 20.3 Å². The van der Waals surface area contributed by atoms with Gasteiger partial charge in [-0.2, -0.15) is 4.31 Å². The number of morpholine rings is 1. The molecule has 0 bridgehead atoms. The molecule has 1 heterocycles. The molecule has 3 rings (SSSR count). The van der Waals surface area contributed by atoms with E-state index < -0.39 is 22.0 Å². The number of methoxy groups -OCH3 is 1. The number of carbonyl (C=O) groups is 2. The molecule has 1 aliphatic rings. The molecule has 0 aromatic heterocycles. The number of amides is 2. The summed E-state index contributed by atoms with van der Waals surface area (Å²) in [6.07, 6.45) is 0. The maximum atomic E-state index is 13.1. The first-order valence-corrected chi connectivity index (χ1v) is 11.6. The van der Waals surface area contributed by atoms with Crippen molar-refractivity contribution in [1.29, 1.82) is 0 Å².